The Morgan fingerprint density at radius 2 is 1.59 bits per heavy atom. The van der Waals surface area contributed by atoms with E-state index in [1.54, 1.807) is 0 Å². The Morgan fingerprint density at radius 1 is 0.886 bits per heavy atom. The lowest BCUT2D eigenvalue weighted by atomic mass is 10.1. The van der Waals surface area contributed by atoms with Gasteiger partial charge in [0.05, 0.1) is 12.9 Å². The van der Waals surface area contributed by atoms with Gasteiger partial charge in [-0.3, -0.25) is 24.0 Å². The van der Waals surface area contributed by atoms with Crippen LogP contribution in [0.5, 0.6) is 0 Å². The van der Waals surface area contributed by atoms with Crippen molar-refractivity contribution in [3.8, 4) is 0 Å². The van der Waals surface area contributed by atoms with Crippen molar-refractivity contribution >= 4 is 51.1 Å². The predicted molar refractivity (Wildman–Crippen MR) is 173 cm³/mol. The van der Waals surface area contributed by atoms with Crippen LogP contribution in [0, 0.1) is 0 Å². The Kier molecular flexibility index (Phi) is 18.5. The van der Waals surface area contributed by atoms with Crippen LogP contribution in [0.25, 0.3) is 0 Å². The van der Waals surface area contributed by atoms with Gasteiger partial charge in [-0.1, -0.05) is 28.0 Å². The third-order valence-corrected chi connectivity index (χ3v) is 10.2. The molecular formula is C28H49N9O5S2. The molecule has 4 atom stereocenters. The molecule has 1 aliphatic heterocycles. The molecule has 16 heteroatoms. The minimum atomic E-state index is -1.07. The molecule has 1 fully saturated rings. The summed E-state index contributed by atoms with van der Waals surface area (Å²) in [5.41, 5.74) is 17.2. The lowest BCUT2D eigenvalue weighted by Gasteiger charge is -2.22. The number of primary amides is 1. The van der Waals surface area contributed by atoms with Gasteiger partial charge in [0.2, 0.25) is 29.5 Å². The SMILES string of the molecule is NCCCC[C@H](NC(=O)[C@H](Cc1cnc[nH]1)NC(=O)CNC(=O)[C@H](CCCCN)NC(=O)CCCC[C@@H]1CCSS1)C(N)=O. The van der Waals surface area contributed by atoms with Crippen LogP contribution in [-0.4, -0.2) is 88.3 Å². The van der Waals surface area contributed by atoms with Gasteiger partial charge in [-0.05, 0) is 70.9 Å². The van der Waals surface area contributed by atoms with E-state index in [4.69, 9.17) is 17.2 Å². The molecule has 0 saturated carbocycles. The number of imidazole rings is 1. The van der Waals surface area contributed by atoms with Crippen molar-refractivity contribution in [2.75, 3.05) is 25.4 Å². The second-order valence-electron chi connectivity index (χ2n) is 10.8. The molecule has 2 heterocycles. The topological polar surface area (TPSA) is 240 Å². The second kappa shape index (κ2) is 21.8. The van der Waals surface area contributed by atoms with E-state index in [0.29, 0.717) is 69.0 Å². The molecule has 0 aliphatic carbocycles. The number of amides is 5. The first-order valence-corrected chi connectivity index (χ1v) is 17.7. The summed E-state index contributed by atoms with van der Waals surface area (Å²) >= 11 is 0. The largest absolute Gasteiger partial charge is 0.368 e. The molecule has 1 saturated heterocycles. The van der Waals surface area contributed by atoms with E-state index in [-0.39, 0.29) is 12.3 Å². The number of hydrogen-bond acceptors (Lipinski definition) is 10. The monoisotopic (exact) mass is 655 g/mol. The first-order valence-electron chi connectivity index (χ1n) is 15.3. The zero-order valence-corrected chi connectivity index (χ0v) is 26.9. The molecule has 0 spiro atoms. The molecule has 44 heavy (non-hydrogen) atoms. The minimum absolute atomic E-state index is 0.0653. The summed E-state index contributed by atoms with van der Waals surface area (Å²) in [7, 11) is 3.82. The lowest BCUT2D eigenvalue weighted by molar-refractivity contribution is -0.132. The van der Waals surface area contributed by atoms with Crippen molar-refractivity contribution in [3.63, 3.8) is 0 Å². The van der Waals surface area contributed by atoms with Gasteiger partial charge >= 0.3 is 0 Å². The highest BCUT2D eigenvalue weighted by Gasteiger charge is 2.27. The smallest absolute Gasteiger partial charge is 0.243 e. The Morgan fingerprint density at radius 3 is 2.20 bits per heavy atom. The van der Waals surface area contributed by atoms with E-state index in [1.165, 1.54) is 24.7 Å². The third-order valence-electron chi connectivity index (χ3n) is 7.17. The van der Waals surface area contributed by atoms with Crippen molar-refractivity contribution in [1.29, 1.82) is 0 Å². The summed E-state index contributed by atoms with van der Waals surface area (Å²) in [5.74, 6) is -1.43. The molecule has 0 bridgehead atoms. The number of nitrogens with one attached hydrogen (secondary N) is 5. The fourth-order valence-corrected chi connectivity index (χ4v) is 7.69. The number of H-pyrrole nitrogens is 1. The average molecular weight is 656 g/mol. The Hall–Kier alpha value is -2.82. The number of rotatable bonds is 23. The van der Waals surface area contributed by atoms with Crippen LogP contribution in [0.4, 0.5) is 0 Å². The quantitative estimate of drug-likeness (QED) is 0.0579. The van der Waals surface area contributed by atoms with Gasteiger partial charge in [0.25, 0.3) is 0 Å². The van der Waals surface area contributed by atoms with E-state index >= 15 is 0 Å². The van der Waals surface area contributed by atoms with Crippen LogP contribution in [0.15, 0.2) is 12.5 Å². The van der Waals surface area contributed by atoms with Gasteiger partial charge in [0.1, 0.15) is 18.1 Å². The Balaban J connectivity index is 1.91. The molecule has 0 unspecified atom stereocenters. The van der Waals surface area contributed by atoms with Crippen LogP contribution < -0.4 is 38.5 Å². The number of hydrogen-bond donors (Lipinski definition) is 8. The number of carbonyl (C=O) groups is 5. The standard InChI is InChI=1S/C28H49N9O5S2/c29-12-5-3-8-21(26(31)40)37-28(42)23(15-19-16-32-18-34-19)36-25(39)17-33-27(41)22(9-4-6-13-30)35-24(38)10-2-1-7-20-11-14-43-44-20/h16,18,20-23H,1-15,17,29-30H2,(H2,31,40)(H,32,34)(H,33,41)(H,35,38)(H,36,39)(H,37,42)/t20-,21+,22+,23+/m1/s1. The van der Waals surface area contributed by atoms with Crippen molar-refractivity contribution < 1.29 is 24.0 Å². The number of unbranched alkanes of at least 4 members (excludes halogenated alkanes) is 3. The number of nitrogens with two attached hydrogens (primary N) is 3. The van der Waals surface area contributed by atoms with Gasteiger partial charge < -0.3 is 43.5 Å². The first kappa shape index (κ1) is 37.4. The van der Waals surface area contributed by atoms with Crippen molar-refractivity contribution in [2.45, 2.75) is 100 Å². The Bertz CT molecular complexity index is 1030. The number of nitrogens with zero attached hydrogens (tertiary/aromatic N) is 1. The summed E-state index contributed by atoms with van der Waals surface area (Å²) in [6, 6.07) is -2.80. The Labute approximate surface area is 267 Å². The van der Waals surface area contributed by atoms with E-state index < -0.39 is 48.3 Å². The van der Waals surface area contributed by atoms with Crippen molar-refractivity contribution in [3.05, 3.63) is 18.2 Å². The maximum atomic E-state index is 13.1. The zero-order valence-electron chi connectivity index (χ0n) is 25.3. The fourth-order valence-electron chi connectivity index (χ4n) is 4.66. The summed E-state index contributed by atoms with van der Waals surface area (Å²) in [6.07, 6.45) is 10.6. The highest BCUT2D eigenvalue weighted by atomic mass is 33.1. The van der Waals surface area contributed by atoms with E-state index in [1.807, 2.05) is 21.6 Å². The van der Waals surface area contributed by atoms with Gasteiger partial charge in [-0.15, -0.1) is 0 Å². The highest BCUT2D eigenvalue weighted by molar-refractivity contribution is 8.77. The van der Waals surface area contributed by atoms with Crippen LogP contribution >= 0.6 is 21.6 Å². The molecule has 1 aromatic rings. The maximum absolute atomic E-state index is 13.1. The normalized spacial score (nSPS) is 16.5. The summed E-state index contributed by atoms with van der Waals surface area (Å²) in [5, 5.41) is 11.3. The van der Waals surface area contributed by atoms with E-state index in [2.05, 4.69) is 31.2 Å². The third kappa shape index (κ3) is 15.3. The number of aromatic amines is 1. The minimum Gasteiger partial charge on any atom is -0.368 e. The van der Waals surface area contributed by atoms with Gasteiger partial charge in [0, 0.05) is 35.7 Å². The van der Waals surface area contributed by atoms with Crippen LogP contribution in [0.1, 0.15) is 76.3 Å². The maximum Gasteiger partial charge on any atom is 0.243 e. The van der Waals surface area contributed by atoms with Crippen LogP contribution in [0.2, 0.25) is 0 Å². The summed E-state index contributed by atoms with van der Waals surface area (Å²) in [4.78, 5) is 70.3. The van der Waals surface area contributed by atoms with Crippen molar-refractivity contribution in [1.82, 2.24) is 31.2 Å². The number of carbonyl (C=O) groups excluding carboxylic acids is 5. The van der Waals surface area contributed by atoms with Gasteiger partial charge in [-0.2, -0.15) is 0 Å². The molecule has 11 N–H and O–H groups in total. The fraction of sp³-hybridized carbons (Fsp3) is 0.714. The highest BCUT2D eigenvalue weighted by Crippen LogP contribution is 2.39. The van der Waals surface area contributed by atoms with E-state index in [0.717, 1.165) is 19.3 Å². The predicted octanol–water partition coefficient (Wildman–Crippen LogP) is -0.0198. The van der Waals surface area contributed by atoms with E-state index in [9.17, 15) is 24.0 Å². The van der Waals surface area contributed by atoms with Gasteiger partial charge in [-0.25, -0.2) is 4.98 Å². The lowest BCUT2D eigenvalue weighted by Crippen LogP contribution is -2.55. The van der Waals surface area contributed by atoms with Gasteiger partial charge in [0.15, 0.2) is 0 Å². The number of aromatic nitrogens is 2. The first-order chi connectivity index (χ1) is 21.2. The summed E-state index contributed by atoms with van der Waals surface area (Å²) < 4.78 is 0. The molecule has 0 aromatic carbocycles. The van der Waals surface area contributed by atoms with Crippen LogP contribution in [-0.2, 0) is 30.4 Å². The van der Waals surface area contributed by atoms with Crippen molar-refractivity contribution in [2.24, 2.45) is 17.2 Å². The molecule has 248 valence electrons. The summed E-state index contributed by atoms with van der Waals surface area (Å²) in [6.45, 7) is 0.494. The molecule has 5 amide bonds. The molecule has 1 aromatic heterocycles. The molecule has 14 nitrogen and oxygen atoms in total. The molecule has 2 rings (SSSR count). The molecule has 0 radical (unpaired) electrons. The second-order valence-corrected chi connectivity index (χ2v) is 13.6. The van der Waals surface area contributed by atoms with Crippen LogP contribution in [0.3, 0.4) is 0 Å². The molecular weight excluding hydrogens is 607 g/mol. The zero-order chi connectivity index (χ0) is 32.2. The average Bonchev–Trinajstić information content (AvgIpc) is 3.71. The molecule has 1 aliphatic rings.